The Balaban J connectivity index is 1.92. The van der Waals surface area contributed by atoms with Crippen molar-refractivity contribution in [1.29, 1.82) is 0 Å². The van der Waals surface area contributed by atoms with Crippen LogP contribution in [0.4, 0.5) is 0 Å². The van der Waals surface area contributed by atoms with Gasteiger partial charge in [0.05, 0.1) is 24.2 Å². The number of methoxy groups -OCH3 is 1. The minimum atomic E-state index is -3.68. The molecule has 1 aliphatic heterocycles. The van der Waals surface area contributed by atoms with E-state index in [-0.39, 0.29) is 30.1 Å². The quantitative estimate of drug-likeness (QED) is 0.548. The van der Waals surface area contributed by atoms with Gasteiger partial charge in [-0.2, -0.15) is 0 Å². The zero-order valence-electron chi connectivity index (χ0n) is 16.8. The lowest BCUT2D eigenvalue weighted by molar-refractivity contribution is -0.0295. The van der Waals surface area contributed by atoms with Crippen molar-refractivity contribution in [3.05, 3.63) is 29.8 Å². The van der Waals surface area contributed by atoms with Gasteiger partial charge in [0.25, 0.3) is 5.91 Å². The Morgan fingerprint density at radius 3 is 2.89 bits per heavy atom. The Hall–Kier alpha value is -1.52. The van der Waals surface area contributed by atoms with Crippen LogP contribution in [0.5, 0.6) is 0 Å². The maximum absolute atomic E-state index is 12.5. The molecule has 9 heteroatoms. The lowest BCUT2D eigenvalue weighted by Crippen LogP contribution is -2.48. The second kappa shape index (κ2) is 10.9. The fourth-order valence-electron chi connectivity index (χ4n) is 3.06. The third-order valence-corrected chi connectivity index (χ3v) is 5.80. The van der Waals surface area contributed by atoms with Crippen molar-refractivity contribution >= 4 is 15.9 Å². The Morgan fingerprint density at radius 2 is 2.18 bits per heavy atom. The van der Waals surface area contributed by atoms with Crippen LogP contribution in [0.2, 0.25) is 0 Å². The van der Waals surface area contributed by atoms with Crippen molar-refractivity contribution in [3.63, 3.8) is 0 Å². The van der Waals surface area contributed by atoms with E-state index in [1.807, 2.05) is 0 Å². The number of nitrogens with one attached hydrogen (secondary N) is 2. The molecule has 158 valence electrons. The molecule has 8 nitrogen and oxygen atoms in total. The van der Waals surface area contributed by atoms with Crippen molar-refractivity contribution in [2.75, 3.05) is 53.0 Å². The molecular formula is C19H31N3O5S. The first-order valence-corrected chi connectivity index (χ1v) is 11.0. The minimum Gasteiger partial charge on any atom is -0.383 e. The smallest absolute Gasteiger partial charge is 0.251 e. The average molecular weight is 414 g/mol. The van der Waals surface area contributed by atoms with E-state index in [2.05, 4.69) is 28.8 Å². The van der Waals surface area contributed by atoms with E-state index in [9.17, 15) is 13.2 Å². The molecule has 1 atom stereocenters. The standard InChI is InChI=1S/C19H31N3O5S/c1-15(2)13-22-8-10-27-17(14-22)12-20-19(23)16-5-4-6-18(11-16)28(24,25)21-7-9-26-3/h4-6,11,15,17,21H,7-10,12-14H2,1-3H3,(H,20,23). The van der Waals surface area contributed by atoms with E-state index in [0.29, 0.717) is 24.6 Å². The van der Waals surface area contributed by atoms with E-state index in [1.165, 1.54) is 19.2 Å². The minimum absolute atomic E-state index is 0.0493. The number of hydrogen-bond acceptors (Lipinski definition) is 6. The summed E-state index contributed by atoms with van der Waals surface area (Å²) in [7, 11) is -2.19. The molecule has 1 fully saturated rings. The van der Waals surface area contributed by atoms with Crippen molar-refractivity contribution in [3.8, 4) is 0 Å². The molecular weight excluding hydrogens is 382 g/mol. The summed E-state index contributed by atoms with van der Waals surface area (Å²) in [5.41, 5.74) is 0.296. The third kappa shape index (κ3) is 7.14. The van der Waals surface area contributed by atoms with E-state index in [4.69, 9.17) is 9.47 Å². The van der Waals surface area contributed by atoms with Gasteiger partial charge < -0.3 is 14.8 Å². The van der Waals surface area contributed by atoms with Crippen molar-refractivity contribution in [2.24, 2.45) is 5.92 Å². The first-order valence-electron chi connectivity index (χ1n) is 9.52. The van der Waals surface area contributed by atoms with Gasteiger partial charge in [0, 0.05) is 45.4 Å². The molecule has 1 saturated heterocycles. The predicted molar refractivity (Wildman–Crippen MR) is 107 cm³/mol. The lowest BCUT2D eigenvalue weighted by atomic mass is 10.1. The molecule has 1 amide bonds. The average Bonchev–Trinajstić information content (AvgIpc) is 2.66. The van der Waals surface area contributed by atoms with E-state index in [1.54, 1.807) is 12.1 Å². The highest BCUT2D eigenvalue weighted by molar-refractivity contribution is 7.89. The van der Waals surface area contributed by atoms with Crippen LogP contribution in [0.15, 0.2) is 29.2 Å². The van der Waals surface area contributed by atoms with Gasteiger partial charge in [0.15, 0.2) is 0 Å². The van der Waals surface area contributed by atoms with Crippen LogP contribution in [0.25, 0.3) is 0 Å². The molecule has 0 spiro atoms. The number of rotatable bonds is 10. The van der Waals surface area contributed by atoms with E-state index < -0.39 is 10.0 Å². The summed E-state index contributed by atoms with van der Waals surface area (Å²) in [6.07, 6.45) is -0.0703. The second-order valence-electron chi connectivity index (χ2n) is 7.27. The van der Waals surface area contributed by atoms with Gasteiger partial charge in [0.2, 0.25) is 10.0 Å². The van der Waals surface area contributed by atoms with Gasteiger partial charge in [-0.05, 0) is 24.1 Å². The molecule has 2 N–H and O–H groups in total. The normalized spacial score (nSPS) is 18.4. The summed E-state index contributed by atoms with van der Waals surface area (Å²) in [5.74, 6) is 0.258. The zero-order chi connectivity index (χ0) is 20.6. The van der Waals surface area contributed by atoms with Gasteiger partial charge in [0.1, 0.15) is 0 Å². The fourth-order valence-corrected chi connectivity index (χ4v) is 4.12. The molecule has 1 aromatic carbocycles. The van der Waals surface area contributed by atoms with Crippen LogP contribution in [0.3, 0.4) is 0 Å². The second-order valence-corrected chi connectivity index (χ2v) is 9.04. The van der Waals surface area contributed by atoms with Crippen molar-refractivity contribution in [1.82, 2.24) is 14.9 Å². The molecule has 1 aliphatic rings. The predicted octanol–water partition coefficient (Wildman–Crippen LogP) is 0.698. The molecule has 0 saturated carbocycles. The van der Waals surface area contributed by atoms with E-state index in [0.717, 1.165) is 19.6 Å². The Morgan fingerprint density at radius 1 is 1.39 bits per heavy atom. The number of carbonyl (C=O) groups is 1. The van der Waals surface area contributed by atoms with Gasteiger partial charge in [-0.25, -0.2) is 13.1 Å². The Bertz CT molecular complexity index is 739. The number of nitrogens with zero attached hydrogens (tertiary/aromatic N) is 1. The number of morpholine rings is 1. The highest BCUT2D eigenvalue weighted by Crippen LogP contribution is 2.12. The number of ether oxygens (including phenoxy) is 2. The largest absolute Gasteiger partial charge is 0.383 e. The third-order valence-electron chi connectivity index (χ3n) is 4.34. The molecule has 0 aliphatic carbocycles. The Labute approximate surface area is 167 Å². The van der Waals surface area contributed by atoms with Gasteiger partial charge >= 0.3 is 0 Å². The number of sulfonamides is 1. The molecule has 0 bridgehead atoms. The van der Waals surface area contributed by atoms with Crippen LogP contribution in [0.1, 0.15) is 24.2 Å². The van der Waals surface area contributed by atoms with E-state index >= 15 is 0 Å². The van der Waals surface area contributed by atoms with Crippen LogP contribution in [-0.4, -0.2) is 78.4 Å². The van der Waals surface area contributed by atoms with Crippen LogP contribution in [0, 0.1) is 5.92 Å². The fraction of sp³-hybridized carbons (Fsp3) is 0.632. The summed E-state index contributed by atoms with van der Waals surface area (Å²) in [6, 6.07) is 5.98. The summed E-state index contributed by atoms with van der Waals surface area (Å²) in [6.45, 7) is 8.51. The topological polar surface area (TPSA) is 97.0 Å². The van der Waals surface area contributed by atoms with Gasteiger partial charge in [-0.1, -0.05) is 19.9 Å². The first kappa shape index (κ1) is 22.8. The summed E-state index contributed by atoms with van der Waals surface area (Å²) < 4.78 is 37.6. The monoisotopic (exact) mass is 413 g/mol. The lowest BCUT2D eigenvalue weighted by Gasteiger charge is -2.33. The molecule has 0 aromatic heterocycles. The summed E-state index contributed by atoms with van der Waals surface area (Å²) in [4.78, 5) is 14.9. The molecule has 1 aromatic rings. The molecule has 0 radical (unpaired) electrons. The SMILES string of the molecule is COCCNS(=O)(=O)c1cccc(C(=O)NCC2CN(CC(C)C)CCO2)c1. The highest BCUT2D eigenvalue weighted by Gasteiger charge is 2.22. The van der Waals surface area contributed by atoms with Gasteiger partial charge in [-0.3, -0.25) is 9.69 Å². The number of hydrogen-bond donors (Lipinski definition) is 2. The molecule has 2 rings (SSSR count). The molecule has 28 heavy (non-hydrogen) atoms. The maximum Gasteiger partial charge on any atom is 0.251 e. The summed E-state index contributed by atoms with van der Waals surface area (Å²) >= 11 is 0. The van der Waals surface area contributed by atoms with Crippen molar-refractivity contribution < 1.29 is 22.7 Å². The molecule has 1 unspecified atom stereocenters. The van der Waals surface area contributed by atoms with Gasteiger partial charge in [-0.15, -0.1) is 0 Å². The van der Waals surface area contributed by atoms with Crippen molar-refractivity contribution in [2.45, 2.75) is 24.8 Å². The van der Waals surface area contributed by atoms with Crippen LogP contribution < -0.4 is 10.0 Å². The Kier molecular flexibility index (Phi) is 8.84. The van der Waals surface area contributed by atoms with Crippen LogP contribution >= 0.6 is 0 Å². The zero-order valence-corrected chi connectivity index (χ0v) is 17.6. The van der Waals surface area contributed by atoms with Crippen LogP contribution in [-0.2, 0) is 19.5 Å². The highest BCUT2D eigenvalue weighted by atomic mass is 32.2. The summed E-state index contributed by atoms with van der Waals surface area (Å²) in [5, 5.41) is 2.85. The number of amides is 1. The molecule has 1 heterocycles. The number of benzene rings is 1. The first-order chi connectivity index (χ1) is 13.3. The maximum atomic E-state index is 12.5. The number of carbonyl (C=O) groups excluding carboxylic acids is 1.